The number of morpholine rings is 1. The van der Waals surface area contributed by atoms with Crippen LogP contribution in [0.5, 0.6) is 0 Å². The standard InChI is InChI=1S/C17H31N3O3/c1-17(2,3)23-16(21)20-8-6-13(10-20)18-9-15-11-19-7-4-5-14(19)12-22-15/h13-15,18H,4-12H2,1-3H3. The predicted octanol–water partition coefficient (Wildman–Crippen LogP) is 1.45. The number of hydrogen-bond donors (Lipinski definition) is 1. The molecule has 0 spiro atoms. The lowest BCUT2D eigenvalue weighted by Gasteiger charge is -2.35. The summed E-state index contributed by atoms with van der Waals surface area (Å²) in [5, 5.41) is 3.58. The number of likely N-dealkylation sites (tertiary alicyclic amines) is 1. The maximum Gasteiger partial charge on any atom is 0.410 e. The molecule has 3 aliphatic heterocycles. The molecule has 0 bridgehead atoms. The Labute approximate surface area is 139 Å². The number of carbonyl (C=O) groups is 1. The largest absolute Gasteiger partial charge is 0.444 e. The van der Waals surface area contributed by atoms with E-state index in [0.29, 0.717) is 12.1 Å². The van der Waals surface area contributed by atoms with Crippen molar-refractivity contribution < 1.29 is 14.3 Å². The molecule has 3 aliphatic rings. The third kappa shape index (κ3) is 4.58. The van der Waals surface area contributed by atoms with E-state index in [1.54, 1.807) is 4.90 Å². The van der Waals surface area contributed by atoms with Crippen LogP contribution in [0.25, 0.3) is 0 Å². The predicted molar refractivity (Wildman–Crippen MR) is 88.5 cm³/mol. The van der Waals surface area contributed by atoms with Crippen LogP contribution in [0.2, 0.25) is 0 Å². The zero-order valence-electron chi connectivity index (χ0n) is 14.7. The SMILES string of the molecule is CC(C)(C)OC(=O)N1CCC(NCC2CN3CCCC3CO2)C1. The maximum atomic E-state index is 12.1. The molecule has 0 aromatic rings. The van der Waals surface area contributed by atoms with Crippen LogP contribution < -0.4 is 5.32 Å². The molecule has 132 valence electrons. The molecule has 6 heteroatoms. The van der Waals surface area contributed by atoms with Crippen molar-refractivity contribution in [3.05, 3.63) is 0 Å². The molecule has 23 heavy (non-hydrogen) atoms. The van der Waals surface area contributed by atoms with Gasteiger partial charge in [-0.05, 0) is 46.6 Å². The van der Waals surface area contributed by atoms with Gasteiger partial charge in [-0.25, -0.2) is 4.79 Å². The van der Waals surface area contributed by atoms with Crippen LogP contribution in [-0.4, -0.2) is 79.0 Å². The number of amides is 1. The Kier molecular flexibility index (Phi) is 5.13. The molecule has 6 nitrogen and oxygen atoms in total. The number of nitrogens with one attached hydrogen (secondary N) is 1. The number of nitrogens with zero attached hydrogens (tertiary/aromatic N) is 2. The van der Waals surface area contributed by atoms with Gasteiger partial charge in [0.25, 0.3) is 0 Å². The fourth-order valence-electron chi connectivity index (χ4n) is 3.73. The van der Waals surface area contributed by atoms with Crippen molar-refractivity contribution in [1.29, 1.82) is 0 Å². The Bertz CT molecular complexity index is 424. The highest BCUT2D eigenvalue weighted by molar-refractivity contribution is 5.68. The van der Waals surface area contributed by atoms with Gasteiger partial charge in [-0.15, -0.1) is 0 Å². The van der Waals surface area contributed by atoms with Crippen LogP contribution in [0.1, 0.15) is 40.0 Å². The van der Waals surface area contributed by atoms with Gasteiger partial charge in [0.05, 0.1) is 12.7 Å². The first-order valence-electron chi connectivity index (χ1n) is 8.98. The Hall–Kier alpha value is -0.850. The lowest BCUT2D eigenvalue weighted by molar-refractivity contribution is -0.0477. The van der Waals surface area contributed by atoms with E-state index in [9.17, 15) is 4.79 Å². The number of hydrogen-bond acceptors (Lipinski definition) is 5. The monoisotopic (exact) mass is 325 g/mol. The molecule has 0 aromatic carbocycles. The van der Waals surface area contributed by atoms with Gasteiger partial charge in [0, 0.05) is 38.3 Å². The molecule has 3 heterocycles. The van der Waals surface area contributed by atoms with Crippen LogP contribution in [0.4, 0.5) is 4.79 Å². The molecule has 3 rings (SSSR count). The molecule has 0 saturated carbocycles. The molecule has 0 aromatic heterocycles. The minimum atomic E-state index is -0.426. The Morgan fingerprint density at radius 3 is 2.87 bits per heavy atom. The summed E-state index contributed by atoms with van der Waals surface area (Å²) in [4.78, 5) is 16.5. The average Bonchev–Trinajstić information content (AvgIpc) is 3.12. The molecule has 3 fully saturated rings. The smallest absolute Gasteiger partial charge is 0.410 e. The lowest BCUT2D eigenvalue weighted by Crippen LogP contribution is -2.50. The number of fused-ring (bicyclic) bond motifs is 1. The Morgan fingerprint density at radius 2 is 2.09 bits per heavy atom. The zero-order valence-corrected chi connectivity index (χ0v) is 14.7. The van der Waals surface area contributed by atoms with E-state index >= 15 is 0 Å². The molecule has 0 aliphatic carbocycles. The van der Waals surface area contributed by atoms with Crippen molar-refractivity contribution in [3.63, 3.8) is 0 Å². The molecular formula is C17H31N3O3. The summed E-state index contributed by atoms with van der Waals surface area (Å²) in [5.74, 6) is 0. The molecule has 3 saturated heterocycles. The van der Waals surface area contributed by atoms with Gasteiger partial charge in [0.1, 0.15) is 5.60 Å². The average molecular weight is 325 g/mol. The van der Waals surface area contributed by atoms with E-state index < -0.39 is 5.60 Å². The van der Waals surface area contributed by atoms with Crippen LogP contribution in [-0.2, 0) is 9.47 Å². The molecule has 1 N–H and O–H groups in total. The summed E-state index contributed by atoms with van der Waals surface area (Å²) in [5.41, 5.74) is -0.426. The van der Waals surface area contributed by atoms with E-state index in [1.807, 2.05) is 20.8 Å². The summed E-state index contributed by atoms with van der Waals surface area (Å²) in [6.45, 7) is 11.2. The van der Waals surface area contributed by atoms with Gasteiger partial charge in [-0.2, -0.15) is 0 Å². The van der Waals surface area contributed by atoms with E-state index in [0.717, 1.165) is 39.2 Å². The van der Waals surface area contributed by atoms with E-state index in [4.69, 9.17) is 9.47 Å². The summed E-state index contributed by atoms with van der Waals surface area (Å²) in [6.07, 6.45) is 3.66. The summed E-state index contributed by atoms with van der Waals surface area (Å²) in [6, 6.07) is 1.00. The molecular weight excluding hydrogens is 294 g/mol. The number of carbonyl (C=O) groups excluding carboxylic acids is 1. The van der Waals surface area contributed by atoms with Crippen molar-refractivity contribution in [2.24, 2.45) is 0 Å². The van der Waals surface area contributed by atoms with Gasteiger partial charge in [0.2, 0.25) is 0 Å². The lowest BCUT2D eigenvalue weighted by atomic mass is 10.2. The van der Waals surface area contributed by atoms with E-state index in [1.165, 1.54) is 19.4 Å². The van der Waals surface area contributed by atoms with Crippen molar-refractivity contribution in [1.82, 2.24) is 15.1 Å². The van der Waals surface area contributed by atoms with E-state index in [-0.39, 0.29) is 12.2 Å². The topological polar surface area (TPSA) is 54.0 Å². The number of ether oxygens (including phenoxy) is 2. The fraction of sp³-hybridized carbons (Fsp3) is 0.941. The first-order valence-corrected chi connectivity index (χ1v) is 8.98. The number of rotatable bonds is 3. The zero-order chi connectivity index (χ0) is 16.4. The van der Waals surface area contributed by atoms with Crippen LogP contribution >= 0.6 is 0 Å². The van der Waals surface area contributed by atoms with Crippen LogP contribution in [0.15, 0.2) is 0 Å². The van der Waals surface area contributed by atoms with Crippen molar-refractivity contribution >= 4 is 6.09 Å². The first kappa shape index (κ1) is 17.0. The maximum absolute atomic E-state index is 12.1. The van der Waals surface area contributed by atoms with Gasteiger partial charge < -0.3 is 19.7 Å². The normalized spacial score (nSPS) is 32.1. The van der Waals surface area contributed by atoms with Gasteiger partial charge in [-0.3, -0.25) is 4.90 Å². The van der Waals surface area contributed by atoms with Crippen molar-refractivity contribution in [3.8, 4) is 0 Å². The quantitative estimate of drug-likeness (QED) is 0.851. The first-order chi connectivity index (χ1) is 10.9. The van der Waals surface area contributed by atoms with Gasteiger partial charge in [0.15, 0.2) is 0 Å². The summed E-state index contributed by atoms with van der Waals surface area (Å²) >= 11 is 0. The fourth-order valence-corrected chi connectivity index (χ4v) is 3.73. The van der Waals surface area contributed by atoms with Crippen LogP contribution in [0.3, 0.4) is 0 Å². The molecule has 1 amide bonds. The second-order valence-electron chi connectivity index (χ2n) is 8.07. The minimum Gasteiger partial charge on any atom is -0.444 e. The highest BCUT2D eigenvalue weighted by Crippen LogP contribution is 2.22. The second kappa shape index (κ2) is 6.95. The molecule has 3 atom stereocenters. The van der Waals surface area contributed by atoms with Gasteiger partial charge in [-0.1, -0.05) is 0 Å². The minimum absolute atomic E-state index is 0.198. The highest BCUT2D eigenvalue weighted by atomic mass is 16.6. The van der Waals surface area contributed by atoms with Gasteiger partial charge >= 0.3 is 6.09 Å². The van der Waals surface area contributed by atoms with Crippen molar-refractivity contribution in [2.45, 2.75) is 63.8 Å². The second-order valence-corrected chi connectivity index (χ2v) is 8.07. The molecule has 0 radical (unpaired) electrons. The summed E-state index contributed by atoms with van der Waals surface area (Å²) < 4.78 is 11.4. The van der Waals surface area contributed by atoms with Crippen molar-refractivity contribution in [2.75, 3.05) is 39.3 Å². The molecule has 3 unspecified atom stereocenters. The summed E-state index contributed by atoms with van der Waals surface area (Å²) in [7, 11) is 0. The third-order valence-corrected chi connectivity index (χ3v) is 4.94. The third-order valence-electron chi connectivity index (χ3n) is 4.94. The van der Waals surface area contributed by atoms with Crippen LogP contribution in [0, 0.1) is 0 Å². The highest BCUT2D eigenvalue weighted by Gasteiger charge is 2.33. The van der Waals surface area contributed by atoms with E-state index in [2.05, 4.69) is 10.2 Å². The Balaban J connectivity index is 1.38. The Morgan fingerprint density at radius 1 is 1.26 bits per heavy atom.